The number of rotatable bonds is 5. The molecule has 0 saturated heterocycles. The Hall–Kier alpha value is -0.780. The van der Waals surface area contributed by atoms with E-state index in [1.165, 1.54) is 12.1 Å². The lowest BCUT2D eigenvalue weighted by atomic mass is 9.98. The maximum absolute atomic E-state index is 14.2. The smallest absolute Gasteiger partial charge is 0.137 e. The molecule has 0 aliphatic rings. The van der Waals surface area contributed by atoms with Crippen LogP contribution in [-0.4, -0.2) is 6.54 Å². The lowest BCUT2D eigenvalue weighted by molar-refractivity contribution is 0.540. The van der Waals surface area contributed by atoms with Crippen molar-refractivity contribution in [2.45, 2.75) is 19.4 Å². The van der Waals surface area contributed by atoms with Gasteiger partial charge in [0, 0.05) is 10.0 Å². The molecule has 0 amide bonds. The van der Waals surface area contributed by atoms with Crippen LogP contribution in [0.4, 0.5) is 8.78 Å². The predicted octanol–water partition coefficient (Wildman–Crippen LogP) is 5.58. The predicted molar refractivity (Wildman–Crippen MR) is 88.3 cm³/mol. The Morgan fingerprint density at radius 2 is 1.81 bits per heavy atom. The van der Waals surface area contributed by atoms with Gasteiger partial charge in [0.05, 0.1) is 10.5 Å². The standard InChI is InChI=1S/C16H15Br2F2N/c1-2-8-21-16(11-4-3-5-14(20)15(11)18)12-9-10(17)6-7-13(12)19/h3-7,9,16,21H,2,8H2,1H3. The highest BCUT2D eigenvalue weighted by Gasteiger charge is 2.21. The van der Waals surface area contributed by atoms with Crippen molar-refractivity contribution in [1.29, 1.82) is 0 Å². The monoisotopic (exact) mass is 417 g/mol. The summed E-state index contributed by atoms with van der Waals surface area (Å²) in [7, 11) is 0. The topological polar surface area (TPSA) is 12.0 Å². The molecule has 2 aromatic carbocycles. The van der Waals surface area contributed by atoms with E-state index in [9.17, 15) is 8.78 Å². The van der Waals surface area contributed by atoms with Gasteiger partial charge in [-0.1, -0.05) is 35.0 Å². The molecule has 0 spiro atoms. The summed E-state index contributed by atoms with van der Waals surface area (Å²) in [6.07, 6.45) is 0.902. The highest BCUT2D eigenvalue weighted by Crippen LogP contribution is 2.32. The molecule has 1 N–H and O–H groups in total. The third kappa shape index (κ3) is 3.90. The van der Waals surface area contributed by atoms with E-state index >= 15 is 0 Å². The van der Waals surface area contributed by atoms with E-state index in [2.05, 4.69) is 37.2 Å². The second-order valence-corrected chi connectivity index (χ2v) is 6.40. The number of hydrogen-bond donors (Lipinski definition) is 1. The third-order valence-electron chi connectivity index (χ3n) is 3.16. The summed E-state index contributed by atoms with van der Waals surface area (Å²) in [4.78, 5) is 0. The van der Waals surface area contributed by atoms with Crippen LogP contribution in [0, 0.1) is 11.6 Å². The Kier molecular flexibility index (Phi) is 5.90. The Bertz CT molecular complexity index is 630. The van der Waals surface area contributed by atoms with Crippen LogP contribution in [0.25, 0.3) is 0 Å². The Balaban J connectivity index is 2.52. The van der Waals surface area contributed by atoms with Crippen LogP contribution in [0.5, 0.6) is 0 Å². The summed E-state index contributed by atoms with van der Waals surface area (Å²) in [5.41, 5.74) is 1.17. The van der Waals surface area contributed by atoms with E-state index in [1.807, 2.05) is 6.92 Å². The minimum atomic E-state index is -0.410. The van der Waals surface area contributed by atoms with Gasteiger partial charge < -0.3 is 5.32 Å². The van der Waals surface area contributed by atoms with Gasteiger partial charge in [-0.25, -0.2) is 8.78 Å². The Morgan fingerprint density at radius 3 is 2.52 bits per heavy atom. The van der Waals surface area contributed by atoms with E-state index < -0.39 is 6.04 Å². The molecule has 1 unspecified atom stereocenters. The molecule has 1 atom stereocenters. The van der Waals surface area contributed by atoms with Crippen LogP contribution in [0.15, 0.2) is 45.3 Å². The molecule has 0 aliphatic carbocycles. The first kappa shape index (κ1) is 16.6. The summed E-state index contributed by atoms with van der Waals surface area (Å²) < 4.78 is 29.1. The van der Waals surface area contributed by atoms with Gasteiger partial charge >= 0.3 is 0 Å². The fraction of sp³-hybridized carbons (Fsp3) is 0.250. The zero-order chi connectivity index (χ0) is 15.4. The molecule has 0 saturated carbocycles. The Morgan fingerprint density at radius 1 is 1.05 bits per heavy atom. The second kappa shape index (κ2) is 7.47. The molecule has 5 heteroatoms. The fourth-order valence-corrected chi connectivity index (χ4v) is 3.03. The van der Waals surface area contributed by atoms with Crippen molar-refractivity contribution in [3.8, 4) is 0 Å². The molecule has 1 nitrogen and oxygen atoms in total. The third-order valence-corrected chi connectivity index (χ3v) is 4.49. The van der Waals surface area contributed by atoms with Crippen LogP contribution in [0.1, 0.15) is 30.5 Å². The van der Waals surface area contributed by atoms with Crippen LogP contribution in [0.2, 0.25) is 0 Å². The van der Waals surface area contributed by atoms with Crippen molar-refractivity contribution in [3.05, 3.63) is 68.1 Å². The summed E-state index contributed by atoms with van der Waals surface area (Å²) >= 11 is 6.62. The maximum Gasteiger partial charge on any atom is 0.137 e. The molecule has 2 aromatic rings. The molecule has 0 aliphatic heterocycles. The molecular weight excluding hydrogens is 404 g/mol. The summed E-state index contributed by atoms with van der Waals surface area (Å²) in [5.74, 6) is -0.672. The number of halogens is 4. The zero-order valence-electron chi connectivity index (χ0n) is 11.5. The molecule has 0 fully saturated rings. The van der Waals surface area contributed by atoms with Gasteiger partial charge in [0.25, 0.3) is 0 Å². The van der Waals surface area contributed by atoms with E-state index in [-0.39, 0.29) is 11.6 Å². The zero-order valence-corrected chi connectivity index (χ0v) is 14.6. The molecule has 2 rings (SSSR count). The molecule has 0 bridgehead atoms. The summed E-state index contributed by atoms with van der Waals surface area (Å²) in [6, 6.07) is 9.17. The van der Waals surface area contributed by atoms with Gasteiger partial charge in [-0.3, -0.25) is 0 Å². The first-order valence-electron chi connectivity index (χ1n) is 6.66. The van der Waals surface area contributed by atoms with Gasteiger partial charge in [-0.2, -0.15) is 0 Å². The first-order chi connectivity index (χ1) is 10.0. The quantitative estimate of drug-likeness (QED) is 0.668. The van der Waals surface area contributed by atoms with Crippen LogP contribution in [0.3, 0.4) is 0 Å². The lowest BCUT2D eigenvalue weighted by Crippen LogP contribution is -2.24. The van der Waals surface area contributed by atoms with Crippen molar-refractivity contribution in [2.75, 3.05) is 6.54 Å². The molecule has 112 valence electrons. The van der Waals surface area contributed by atoms with E-state index in [4.69, 9.17) is 0 Å². The van der Waals surface area contributed by atoms with Crippen molar-refractivity contribution in [2.24, 2.45) is 0 Å². The first-order valence-corrected chi connectivity index (χ1v) is 8.25. The summed E-state index contributed by atoms with van der Waals surface area (Å²) in [5, 5.41) is 3.28. The number of nitrogens with one attached hydrogen (secondary N) is 1. The van der Waals surface area contributed by atoms with Crippen LogP contribution in [-0.2, 0) is 0 Å². The van der Waals surface area contributed by atoms with Crippen molar-refractivity contribution in [3.63, 3.8) is 0 Å². The average Bonchev–Trinajstić information content (AvgIpc) is 2.47. The van der Waals surface area contributed by atoms with Gasteiger partial charge in [0.2, 0.25) is 0 Å². The highest BCUT2D eigenvalue weighted by atomic mass is 79.9. The van der Waals surface area contributed by atoms with Gasteiger partial charge in [0.15, 0.2) is 0 Å². The van der Waals surface area contributed by atoms with E-state index in [1.54, 1.807) is 24.3 Å². The average molecular weight is 419 g/mol. The molecule has 0 aromatic heterocycles. The maximum atomic E-state index is 14.2. The van der Waals surface area contributed by atoms with E-state index in [0.29, 0.717) is 22.1 Å². The molecule has 0 radical (unpaired) electrons. The fourth-order valence-electron chi connectivity index (χ4n) is 2.16. The minimum absolute atomic E-state index is 0.317. The normalized spacial score (nSPS) is 12.4. The molecule has 0 heterocycles. The molecule has 21 heavy (non-hydrogen) atoms. The van der Waals surface area contributed by atoms with Crippen LogP contribution >= 0.6 is 31.9 Å². The second-order valence-electron chi connectivity index (χ2n) is 4.70. The summed E-state index contributed by atoms with van der Waals surface area (Å²) in [6.45, 7) is 2.74. The SMILES string of the molecule is CCCNC(c1cc(Br)ccc1F)c1cccc(F)c1Br. The van der Waals surface area contributed by atoms with Gasteiger partial charge in [-0.15, -0.1) is 0 Å². The van der Waals surface area contributed by atoms with Crippen molar-refractivity contribution in [1.82, 2.24) is 5.32 Å². The number of benzene rings is 2. The number of hydrogen-bond acceptors (Lipinski definition) is 1. The van der Waals surface area contributed by atoms with Crippen molar-refractivity contribution >= 4 is 31.9 Å². The largest absolute Gasteiger partial charge is 0.306 e. The minimum Gasteiger partial charge on any atom is -0.306 e. The molecular formula is C16H15Br2F2N. The van der Waals surface area contributed by atoms with E-state index in [0.717, 1.165) is 10.9 Å². The van der Waals surface area contributed by atoms with Crippen LogP contribution < -0.4 is 5.32 Å². The van der Waals surface area contributed by atoms with Gasteiger partial charge in [0.1, 0.15) is 11.6 Å². The lowest BCUT2D eigenvalue weighted by Gasteiger charge is -2.22. The Labute approximate surface area is 140 Å². The van der Waals surface area contributed by atoms with Crippen molar-refractivity contribution < 1.29 is 8.78 Å². The van der Waals surface area contributed by atoms with Gasteiger partial charge in [-0.05, 0) is 58.7 Å². The highest BCUT2D eigenvalue weighted by molar-refractivity contribution is 9.10.